The van der Waals surface area contributed by atoms with E-state index in [-0.39, 0.29) is 29.3 Å². The van der Waals surface area contributed by atoms with Crippen LogP contribution >= 0.6 is 0 Å². The van der Waals surface area contributed by atoms with Gasteiger partial charge in [-0.3, -0.25) is 0 Å². The zero-order valence-electron chi connectivity index (χ0n) is 31.0. The minimum absolute atomic E-state index is 0.0272. The second kappa shape index (κ2) is 11.0. The van der Waals surface area contributed by atoms with Crippen LogP contribution in [0.1, 0.15) is 6.85 Å². The van der Waals surface area contributed by atoms with E-state index in [1.165, 1.54) is 26.9 Å². The maximum absolute atomic E-state index is 8.68. The van der Waals surface area contributed by atoms with Crippen LogP contribution in [0.5, 0.6) is 0 Å². The predicted molar refractivity (Wildman–Crippen MR) is 201 cm³/mol. The maximum Gasteiger partial charge on any atom is 0.167 e. The third kappa shape index (κ3) is 4.42. The van der Waals surface area contributed by atoms with Crippen molar-refractivity contribution in [2.75, 3.05) is 0 Å². The van der Waals surface area contributed by atoms with E-state index >= 15 is 0 Å². The lowest BCUT2D eigenvalue weighted by molar-refractivity contribution is 0.670. The second-order valence-electron chi connectivity index (χ2n) is 12.0. The molecular formula is C45H27N3O. The summed E-state index contributed by atoms with van der Waals surface area (Å²) in [4.78, 5) is 14.3. The molecule has 49 heavy (non-hydrogen) atoms. The highest BCUT2D eigenvalue weighted by Gasteiger charge is 2.20. The van der Waals surface area contributed by atoms with E-state index in [0.717, 1.165) is 27.3 Å². The van der Waals surface area contributed by atoms with Gasteiger partial charge in [-0.2, -0.15) is 0 Å². The van der Waals surface area contributed by atoms with Crippen LogP contribution in [0.15, 0.2) is 168 Å². The quantitative estimate of drug-likeness (QED) is 0.182. The number of aromatic nitrogens is 3. The van der Waals surface area contributed by atoms with Gasteiger partial charge in [0.15, 0.2) is 17.5 Å². The van der Waals surface area contributed by atoms with Crippen molar-refractivity contribution in [1.82, 2.24) is 15.0 Å². The first kappa shape index (κ1) is 22.8. The van der Waals surface area contributed by atoms with Crippen LogP contribution in [-0.2, 0) is 0 Å². The smallest absolute Gasteiger partial charge is 0.167 e. The number of fused-ring (bicyclic) bond motifs is 9. The van der Waals surface area contributed by atoms with Crippen molar-refractivity contribution < 1.29 is 11.3 Å². The van der Waals surface area contributed by atoms with Gasteiger partial charge in [0.05, 0.1) is 12.4 Å². The Morgan fingerprint density at radius 3 is 1.55 bits per heavy atom. The Balaban J connectivity index is 1.20. The van der Waals surface area contributed by atoms with E-state index in [9.17, 15) is 0 Å². The first-order chi connectivity index (χ1) is 26.4. The molecule has 0 N–H and O–H groups in total. The Kier molecular flexibility index (Phi) is 5.10. The molecule has 2 heterocycles. The van der Waals surface area contributed by atoms with Crippen LogP contribution in [0.4, 0.5) is 0 Å². The summed E-state index contributed by atoms with van der Waals surface area (Å²) in [6.45, 7) is 0. The highest BCUT2D eigenvalue weighted by Crippen LogP contribution is 2.42. The number of nitrogens with zero attached hydrogens (tertiary/aromatic N) is 3. The largest absolute Gasteiger partial charge is 0.455 e. The van der Waals surface area contributed by atoms with E-state index in [1.807, 2.05) is 60.7 Å². The molecule has 0 spiro atoms. The Morgan fingerprint density at radius 2 is 0.878 bits per heavy atom. The lowest BCUT2D eigenvalue weighted by Gasteiger charge is -2.12. The van der Waals surface area contributed by atoms with E-state index < -0.39 is 18.1 Å². The molecule has 0 saturated heterocycles. The third-order valence-corrected chi connectivity index (χ3v) is 9.21. The monoisotopic (exact) mass is 630 g/mol. The normalized spacial score (nSPS) is 13.1. The van der Waals surface area contributed by atoms with Crippen molar-refractivity contribution in [1.29, 1.82) is 0 Å². The van der Waals surface area contributed by atoms with Crippen LogP contribution < -0.4 is 0 Å². The highest BCUT2D eigenvalue weighted by atomic mass is 16.3. The number of hydrogen-bond acceptors (Lipinski definition) is 4. The molecule has 4 nitrogen and oxygen atoms in total. The average Bonchev–Trinajstić information content (AvgIpc) is 3.62. The summed E-state index contributed by atoms with van der Waals surface area (Å²) >= 11 is 0. The van der Waals surface area contributed by atoms with Crippen LogP contribution in [0.25, 0.3) is 99.5 Å². The Morgan fingerprint density at radius 1 is 0.367 bits per heavy atom. The Bertz CT molecular complexity index is 3120. The van der Waals surface area contributed by atoms with Crippen LogP contribution in [0, 0.1) is 0 Å². The SMILES string of the molecule is [2H]c1c([2H])c([2H])c(-c2nc(-c3ccccc3)nc(-c3cccc4c3oc3c(-c5ccc6c7ccccc7c7ccccc7c6c5)cccc34)n2)c([2H])c1[2H]. The molecule has 4 heteroatoms. The second-order valence-corrected chi connectivity index (χ2v) is 12.0. The van der Waals surface area contributed by atoms with Gasteiger partial charge in [-0.25, -0.2) is 15.0 Å². The van der Waals surface area contributed by atoms with Gasteiger partial charge in [-0.1, -0.05) is 152 Å². The fourth-order valence-corrected chi connectivity index (χ4v) is 6.99. The molecule has 0 saturated carbocycles. The number of para-hydroxylation sites is 2. The fraction of sp³-hybridized carbons (Fsp3) is 0. The van der Waals surface area contributed by atoms with Gasteiger partial charge in [0.1, 0.15) is 11.2 Å². The molecule has 0 atom stereocenters. The predicted octanol–water partition coefficient (Wildman–Crippen LogP) is 11.9. The minimum Gasteiger partial charge on any atom is -0.455 e. The van der Waals surface area contributed by atoms with E-state index in [2.05, 4.69) is 77.8 Å². The molecule has 0 bridgehead atoms. The molecule has 0 radical (unpaired) electrons. The third-order valence-electron chi connectivity index (χ3n) is 9.21. The molecule has 10 aromatic rings. The van der Waals surface area contributed by atoms with Crippen molar-refractivity contribution in [3.8, 4) is 45.3 Å². The molecule has 8 aromatic carbocycles. The van der Waals surface area contributed by atoms with Gasteiger partial charge in [-0.05, 0) is 50.0 Å². The van der Waals surface area contributed by atoms with Gasteiger partial charge < -0.3 is 4.42 Å². The van der Waals surface area contributed by atoms with Gasteiger partial charge in [-0.15, -0.1) is 0 Å². The number of furan rings is 1. The molecule has 0 unspecified atom stereocenters. The molecule has 0 aliphatic heterocycles. The highest BCUT2D eigenvalue weighted by molar-refractivity contribution is 6.26. The summed E-state index contributed by atoms with van der Waals surface area (Å²) in [7, 11) is 0. The lowest BCUT2D eigenvalue weighted by Crippen LogP contribution is -2.00. The maximum atomic E-state index is 8.68. The average molecular weight is 631 g/mol. The zero-order chi connectivity index (χ0) is 36.7. The van der Waals surface area contributed by atoms with E-state index in [1.54, 1.807) is 0 Å². The standard InChI is InChI=1S/C45H27N3O/c1-3-13-28(14-4-1)43-46-44(29-15-5-2-6-16-29)48-45(47-43)39-24-12-23-38-37-22-11-21-31(41(37)49-42(38)39)30-25-26-36-34-19-8-7-17-32(34)33-18-9-10-20-35(33)40(36)27-30/h1-27H/i1D,3D,4D,13D,14D. The fourth-order valence-electron chi connectivity index (χ4n) is 6.99. The first-order valence-corrected chi connectivity index (χ1v) is 16.0. The topological polar surface area (TPSA) is 51.8 Å². The number of hydrogen-bond donors (Lipinski definition) is 0. The van der Waals surface area contributed by atoms with Crippen molar-refractivity contribution in [2.24, 2.45) is 0 Å². The van der Waals surface area contributed by atoms with Crippen LogP contribution in [0.2, 0.25) is 0 Å². The van der Waals surface area contributed by atoms with Crippen molar-refractivity contribution in [3.05, 3.63) is 164 Å². The summed E-state index contributed by atoms with van der Waals surface area (Å²) in [5.41, 5.74) is 4.40. The first-order valence-electron chi connectivity index (χ1n) is 18.5. The Hall–Kier alpha value is -6.65. The summed E-state index contributed by atoms with van der Waals surface area (Å²) in [6, 6.07) is 42.7. The number of benzene rings is 8. The summed E-state index contributed by atoms with van der Waals surface area (Å²) in [6.07, 6.45) is 0. The molecule has 228 valence electrons. The van der Waals surface area contributed by atoms with Crippen molar-refractivity contribution in [3.63, 3.8) is 0 Å². The molecule has 0 amide bonds. The molecule has 0 aliphatic carbocycles. The van der Waals surface area contributed by atoms with Crippen molar-refractivity contribution >= 4 is 54.3 Å². The van der Waals surface area contributed by atoms with E-state index in [4.69, 9.17) is 21.2 Å². The van der Waals surface area contributed by atoms with Crippen molar-refractivity contribution in [2.45, 2.75) is 0 Å². The minimum atomic E-state index is -0.484. The van der Waals surface area contributed by atoms with Gasteiger partial charge >= 0.3 is 0 Å². The van der Waals surface area contributed by atoms with Crippen LogP contribution in [-0.4, -0.2) is 15.0 Å². The summed E-state index contributed by atoms with van der Waals surface area (Å²) in [5.74, 6) is 0.522. The molecular weight excluding hydrogens is 599 g/mol. The summed E-state index contributed by atoms with van der Waals surface area (Å²) < 4.78 is 48.9. The van der Waals surface area contributed by atoms with Gasteiger partial charge in [0.2, 0.25) is 0 Å². The van der Waals surface area contributed by atoms with E-state index in [0.29, 0.717) is 28.1 Å². The molecule has 2 aromatic heterocycles. The Labute approximate surface area is 289 Å². The lowest BCUT2D eigenvalue weighted by atomic mass is 9.92. The zero-order valence-corrected chi connectivity index (χ0v) is 26.0. The molecule has 0 fully saturated rings. The van der Waals surface area contributed by atoms with Gasteiger partial charge in [0, 0.05) is 27.5 Å². The summed E-state index contributed by atoms with van der Waals surface area (Å²) in [5, 5.41) is 8.97. The van der Waals surface area contributed by atoms with Gasteiger partial charge in [0.25, 0.3) is 0 Å². The molecule has 10 rings (SSSR count). The van der Waals surface area contributed by atoms with Crippen LogP contribution in [0.3, 0.4) is 0 Å². The molecule has 0 aliphatic rings. The number of rotatable bonds is 4.